The van der Waals surface area contributed by atoms with Crippen LogP contribution in [0.5, 0.6) is 5.75 Å². The van der Waals surface area contributed by atoms with E-state index in [1.807, 2.05) is 38.2 Å². The molecule has 0 radical (unpaired) electrons. The van der Waals surface area contributed by atoms with E-state index in [-0.39, 0.29) is 11.7 Å². The number of nitrogens with zero attached hydrogens (tertiary/aromatic N) is 2. The Bertz CT molecular complexity index is 1520. The third-order valence-corrected chi connectivity index (χ3v) is 8.43. The molecule has 0 fully saturated rings. The van der Waals surface area contributed by atoms with Crippen LogP contribution in [-0.2, 0) is 6.42 Å². The number of carbonyl (C=O) groups is 1. The van der Waals surface area contributed by atoms with Gasteiger partial charge in [0.2, 0.25) is 0 Å². The Hall–Kier alpha value is -3.50. The zero-order chi connectivity index (χ0) is 24.7. The van der Waals surface area contributed by atoms with Crippen LogP contribution in [0, 0.1) is 19.7 Å². The highest BCUT2D eigenvalue weighted by atomic mass is 31.2. The maximum atomic E-state index is 13.5. The van der Waals surface area contributed by atoms with E-state index in [0.717, 1.165) is 44.3 Å². The Morgan fingerprint density at radius 1 is 1.17 bits per heavy atom. The smallest absolute Gasteiger partial charge is 0.251 e. The first-order valence-corrected chi connectivity index (χ1v) is 14.1. The fraction of sp³-hybridized carbons (Fsp3) is 0.214. The first kappa shape index (κ1) is 23.3. The Morgan fingerprint density at radius 2 is 1.94 bits per heavy atom. The highest BCUT2D eigenvalue weighted by Gasteiger charge is 2.29. The van der Waals surface area contributed by atoms with E-state index < -0.39 is 6.89 Å². The SMILES string of the molecule is C=P1(C)COc2c1cc(CCNC(=O)c1cc(C)c3ncc(C)cc3c1)nc2-c1ccc(F)cc1. The van der Waals surface area contributed by atoms with Crippen molar-refractivity contribution < 1.29 is 13.9 Å². The average Bonchev–Trinajstić information content (AvgIpc) is 3.13. The van der Waals surface area contributed by atoms with Crippen molar-refractivity contribution in [2.45, 2.75) is 20.3 Å². The van der Waals surface area contributed by atoms with Gasteiger partial charge in [0.25, 0.3) is 5.91 Å². The van der Waals surface area contributed by atoms with Gasteiger partial charge >= 0.3 is 0 Å². The molecule has 3 heterocycles. The minimum Gasteiger partial charge on any atom is -0.486 e. The van der Waals surface area contributed by atoms with Crippen LogP contribution in [0.2, 0.25) is 0 Å². The van der Waals surface area contributed by atoms with E-state index in [2.05, 4.69) is 29.3 Å². The number of carbonyl (C=O) groups excluding carboxylic acids is 1. The maximum Gasteiger partial charge on any atom is 0.251 e. The quantitative estimate of drug-likeness (QED) is 0.399. The molecule has 1 N–H and O–H groups in total. The molecule has 0 saturated carbocycles. The summed E-state index contributed by atoms with van der Waals surface area (Å²) < 4.78 is 19.5. The van der Waals surface area contributed by atoms with E-state index in [1.54, 1.807) is 12.1 Å². The lowest BCUT2D eigenvalue weighted by Gasteiger charge is -2.13. The maximum absolute atomic E-state index is 13.5. The summed E-state index contributed by atoms with van der Waals surface area (Å²) >= 11 is 0. The lowest BCUT2D eigenvalue weighted by atomic mass is 10.0. The van der Waals surface area contributed by atoms with E-state index in [4.69, 9.17) is 9.72 Å². The molecule has 1 unspecified atom stereocenters. The molecular formula is C28H27FN3O2P. The van der Waals surface area contributed by atoms with Gasteiger partial charge in [0.15, 0.2) is 5.75 Å². The molecule has 0 aliphatic carbocycles. The largest absolute Gasteiger partial charge is 0.486 e. The van der Waals surface area contributed by atoms with Gasteiger partial charge in [-0.3, -0.25) is 9.78 Å². The van der Waals surface area contributed by atoms with Gasteiger partial charge in [-0.15, -0.1) is 0 Å². The summed E-state index contributed by atoms with van der Waals surface area (Å²) in [5.41, 5.74) is 5.88. The van der Waals surface area contributed by atoms with E-state index in [0.29, 0.717) is 30.6 Å². The number of nitrogens with one attached hydrogen (secondary N) is 1. The number of aryl methyl sites for hydroxylation is 2. The Kier molecular flexibility index (Phi) is 5.94. The number of ether oxygens (including phenoxy) is 1. The van der Waals surface area contributed by atoms with Crippen LogP contribution >= 0.6 is 6.89 Å². The molecule has 1 aliphatic heterocycles. The average molecular weight is 488 g/mol. The number of fused-ring (bicyclic) bond motifs is 2. The van der Waals surface area contributed by atoms with E-state index in [1.165, 1.54) is 12.1 Å². The van der Waals surface area contributed by atoms with Gasteiger partial charge in [-0.1, -0.05) is 6.30 Å². The summed E-state index contributed by atoms with van der Waals surface area (Å²) in [4.78, 5) is 22.2. The molecule has 7 heteroatoms. The van der Waals surface area contributed by atoms with Crippen molar-refractivity contribution in [3.05, 3.63) is 82.9 Å². The van der Waals surface area contributed by atoms with Crippen LogP contribution in [0.3, 0.4) is 0 Å². The molecule has 2 aromatic carbocycles. The third-order valence-electron chi connectivity index (χ3n) is 6.24. The van der Waals surface area contributed by atoms with Crippen molar-refractivity contribution in [2.24, 2.45) is 0 Å². The minimum atomic E-state index is -1.68. The topological polar surface area (TPSA) is 64.1 Å². The van der Waals surface area contributed by atoms with Gasteiger partial charge in [-0.2, -0.15) is 0 Å². The third kappa shape index (κ3) is 4.59. The number of amides is 1. The Labute approximate surface area is 204 Å². The Morgan fingerprint density at radius 3 is 2.71 bits per heavy atom. The van der Waals surface area contributed by atoms with Crippen molar-refractivity contribution >= 4 is 35.3 Å². The highest BCUT2D eigenvalue weighted by Crippen LogP contribution is 2.50. The van der Waals surface area contributed by atoms with Gasteiger partial charge in [0, 0.05) is 46.7 Å². The molecular weight excluding hydrogens is 460 g/mol. The number of aromatic nitrogens is 2. The number of halogens is 1. The minimum absolute atomic E-state index is 0.130. The second-order valence-corrected chi connectivity index (χ2v) is 12.9. The van der Waals surface area contributed by atoms with Gasteiger partial charge in [0.05, 0.1) is 5.52 Å². The van der Waals surface area contributed by atoms with Crippen LogP contribution in [0.25, 0.3) is 22.2 Å². The van der Waals surface area contributed by atoms with Crippen molar-refractivity contribution in [1.82, 2.24) is 15.3 Å². The summed E-state index contributed by atoms with van der Waals surface area (Å²) in [5.74, 6) is 0.314. The van der Waals surface area contributed by atoms with Crippen LogP contribution in [0.1, 0.15) is 27.2 Å². The second-order valence-electron chi connectivity index (χ2n) is 9.37. The lowest BCUT2D eigenvalue weighted by Crippen LogP contribution is -2.26. The zero-order valence-electron chi connectivity index (χ0n) is 20.1. The van der Waals surface area contributed by atoms with Gasteiger partial charge in [-0.25, -0.2) is 9.37 Å². The molecule has 4 aromatic rings. The van der Waals surface area contributed by atoms with Gasteiger partial charge in [-0.05, 0) is 87.1 Å². The first-order chi connectivity index (χ1) is 16.7. The predicted molar refractivity (Wildman–Crippen MR) is 142 cm³/mol. The normalized spacial score (nSPS) is 16.7. The molecule has 0 bridgehead atoms. The number of hydrogen-bond acceptors (Lipinski definition) is 4. The Balaban J connectivity index is 1.38. The number of hydrogen-bond donors (Lipinski definition) is 1. The van der Waals surface area contributed by atoms with Gasteiger partial charge in [0.1, 0.15) is 17.9 Å². The van der Waals surface area contributed by atoms with Crippen LogP contribution in [0.15, 0.2) is 54.7 Å². The molecule has 0 spiro atoms. The van der Waals surface area contributed by atoms with Crippen LogP contribution in [0.4, 0.5) is 4.39 Å². The highest BCUT2D eigenvalue weighted by molar-refractivity contribution is 7.80. The van der Waals surface area contributed by atoms with E-state index in [9.17, 15) is 9.18 Å². The number of pyridine rings is 2. The second kappa shape index (κ2) is 8.94. The summed E-state index contributed by atoms with van der Waals surface area (Å²) in [6, 6.07) is 14.1. The van der Waals surface area contributed by atoms with Crippen molar-refractivity contribution in [3.63, 3.8) is 0 Å². The van der Waals surface area contributed by atoms with Crippen LogP contribution < -0.4 is 15.4 Å². The molecule has 1 aliphatic rings. The molecule has 5 nitrogen and oxygen atoms in total. The monoisotopic (exact) mass is 487 g/mol. The number of rotatable bonds is 5. The molecule has 2 aromatic heterocycles. The standard InChI is InChI=1S/C28H27FN3O2P/c1-17-11-20-13-21(12-18(2)25(20)31-15-17)28(33)30-10-9-23-14-24-27(34-16-35(24,3)4)26(32-23)19-5-7-22(29)8-6-19/h5-8,11-15H,3,9-10,16H2,1-2,4H3,(H,30,33). The summed E-state index contributed by atoms with van der Waals surface area (Å²) in [6.07, 6.45) is 7.37. The predicted octanol–water partition coefficient (Wildman–Crippen LogP) is 5.08. The molecule has 35 heavy (non-hydrogen) atoms. The fourth-order valence-corrected chi connectivity index (χ4v) is 6.08. The molecule has 178 valence electrons. The van der Waals surface area contributed by atoms with Gasteiger partial charge < -0.3 is 10.1 Å². The number of benzene rings is 2. The summed E-state index contributed by atoms with van der Waals surface area (Å²) in [7, 11) is 0. The molecule has 0 saturated heterocycles. The molecule has 1 amide bonds. The molecule has 1 atom stereocenters. The zero-order valence-corrected chi connectivity index (χ0v) is 21.0. The van der Waals surface area contributed by atoms with Crippen molar-refractivity contribution in [2.75, 3.05) is 19.6 Å². The van der Waals surface area contributed by atoms with Crippen molar-refractivity contribution in [1.29, 1.82) is 0 Å². The lowest BCUT2D eigenvalue weighted by molar-refractivity contribution is 0.0954. The van der Waals surface area contributed by atoms with E-state index >= 15 is 0 Å². The summed E-state index contributed by atoms with van der Waals surface area (Å²) in [6.45, 7) is 4.85. The molecule has 5 rings (SSSR count). The summed E-state index contributed by atoms with van der Waals surface area (Å²) in [5, 5.41) is 5.06. The fourth-order valence-electron chi connectivity index (χ4n) is 4.40. The van der Waals surface area contributed by atoms with Crippen molar-refractivity contribution in [3.8, 4) is 17.0 Å². The van der Waals surface area contributed by atoms with Crippen LogP contribution in [-0.4, -0.2) is 41.7 Å². The first-order valence-electron chi connectivity index (χ1n) is 11.5.